The number of aromatic nitrogens is 1. The van der Waals surface area contributed by atoms with Crippen LogP contribution in [0.1, 0.15) is 19.4 Å². The van der Waals surface area contributed by atoms with Crippen LogP contribution < -0.4 is 4.90 Å². The van der Waals surface area contributed by atoms with Gasteiger partial charge >= 0.3 is 0 Å². The number of ketones is 1. The van der Waals surface area contributed by atoms with Gasteiger partial charge in [0, 0.05) is 30.0 Å². The van der Waals surface area contributed by atoms with Crippen molar-refractivity contribution in [2.75, 3.05) is 11.4 Å². The van der Waals surface area contributed by atoms with Crippen molar-refractivity contribution in [1.29, 1.82) is 0 Å². The monoisotopic (exact) mass is 369 g/mol. The smallest absolute Gasteiger partial charge is 0.244 e. The summed E-state index contributed by atoms with van der Waals surface area (Å²) in [4.78, 5) is 36.0. The largest absolute Gasteiger partial charge is 0.307 e. The maximum absolute atomic E-state index is 13.9. The summed E-state index contributed by atoms with van der Waals surface area (Å²) in [6.07, 6.45) is 6.81. The van der Waals surface area contributed by atoms with Crippen LogP contribution in [-0.4, -0.2) is 23.2 Å². The standard InChI is InChI=1S/C23H19N3O2/c1-22(2)19-11-14-26(17-9-12-25-13-10-17)21(28)23(19,15-18(24-3)20(22)27)16-7-5-4-6-8-16/h4-13,15H,14H2,1-2H3/t23-/m1/s1. The Labute approximate surface area is 163 Å². The van der Waals surface area contributed by atoms with E-state index >= 15 is 0 Å². The summed E-state index contributed by atoms with van der Waals surface area (Å²) in [5.41, 5.74) is 0.115. The number of nitrogens with zero attached hydrogens (tertiary/aromatic N) is 3. The van der Waals surface area contributed by atoms with Gasteiger partial charge in [-0.2, -0.15) is 0 Å². The van der Waals surface area contributed by atoms with Crippen LogP contribution in [-0.2, 0) is 15.0 Å². The predicted octanol–water partition coefficient (Wildman–Crippen LogP) is 3.70. The second-order valence-corrected chi connectivity index (χ2v) is 7.51. The maximum Gasteiger partial charge on any atom is 0.244 e. The van der Waals surface area contributed by atoms with E-state index in [1.165, 1.54) is 0 Å². The number of benzene rings is 1. The molecule has 0 radical (unpaired) electrons. The normalized spacial score (nSPS) is 23.4. The van der Waals surface area contributed by atoms with Crippen molar-refractivity contribution in [1.82, 2.24) is 4.98 Å². The molecular weight excluding hydrogens is 350 g/mol. The van der Waals surface area contributed by atoms with Gasteiger partial charge in [0.05, 0.1) is 6.57 Å². The lowest BCUT2D eigenvalue weighted by molar-refractivity contribution is -0.125. The van der Waals surface area contributed by atoms with E-state index in [4.69, 9.17) is 6.57 Å². The Hall–Kier alpha value is -3.52. The van der Waals surface area contributed by atoms with Crippen molar-refractivity contribution < 1.29 is 9.59 Å². The number of pyridine rings is 1. The zero-order valence-electron chi connectivity index (χ0n) is 15.7. The summed E-state index contributed by atoms with van der Waals surface area (Å²) < 4.78 is 0. The molecular formula is C23H19N3O2. The van der Waals surface area contributed by atoms with Crippen molar-refractivity contribution in [3.05, 3.63) is 95.3 Å². The molecule has 5 nitrogen and oxygen atoms in total. The van der Waals surface area contributed by atoms with E-state index < -0.39 is 10.8 Å². The molecule has 138 valence electrons. The average molecular weight is 369 g/mol. The van der Waals surface area contributed by atoms with Gasteiger partial charge in [-0.05, 0) is 23.3 Å². The van der Waals surface area contributed by atoms with Crippen LogP contribution >= 0.6 is 0 Å². The highest BCUT2D eigenvalue weighted by molar-refractivity contribution is 6.14. The fourth-order valence-electron chi connectivity index (χ4n) is 4.25. The van der Waals surface area contributed by atoms with E-state index in [9.17, 15) is 9.59 Å². The van der Waals surface area contributed by atoms with E-state index in [-0.39, 0.29) is 17.4 Å². The van der Waals surface area contributed by atoms with Gasteiger partial charge in [0.15, 0.2) is 5.78 Å². The van der Waals surface area contributed by atoms with Crippen LogP contribution in [0.15, 0.2) is 78.3 Å². The van der Waals surface area contributed by atoms with E-state index in [1.54, 1.807) is 49.3 Å². The Morgan fingerprint density at radius 1 is 1.07 bits per heavy atom. The van der Waals surface area contributed by atoms with Gasteiger partial charge in [-0.15, -0.1) is 0 Å². The van der Waals surface area contributed by atoms with Gasteiger partial charge in [-0.1, -0.05) is 56.3 Å². The van der Waals surface area contributed by atoms with Crippen molar-refractivity contribution in [2.24, 2.45) is 5.41 Å². The summed E-state index contributed by atoms with van der Waals surface area (Å²) >= 11 is 0. The number of hydrogen-bond donors (Lipinski definition) is 0. The summed E-state index contributed by atoms with van der Waals surface area (Å²) in [7, 11) is 0. The molecule has 1 aliphatic carbocycles. The molecule has 1 aromatic heterocycles. The molecule has 0 unspecified atom stereocenters. The van der Waals surface area contributed by atoms with Crippen molar-refractivity contribution >= 4 is 17.4 Å². The number of carbonyl (C=O) groups excluding carboxylic acids is 2. The number of hydrogen-bond acceptors (Lipinski definition) is 3. The Morgan fingerprint density at radius 2 is 1.75 bits per heavy atom. The van der Waals surface area contributed by atoms with E-state index in [1.807, 2.05) is 36.4 Å². The average Bonchev–Trinajstić information content (AvgIpc) is 2.73. The minimum atomic E-state index is -1.18. The van der Waals surface area contributed by atoms with E-state index in [2.05, 4.69) is 9.83 Å². The molecule has 0 saturated heterocycles. The van der Waals surface area contributed by atoms with Gasteiger partial charge in [-0.25, -0.2) is 4.85 Å². The van der Waals surface area contributed by atoms with Crippen LogP contribution in [0.3, 0.4) is 0 Å². The first kappa shape index (κ1) is 17.9. The Kier molecular flexibility index (Phi) is 4.01. The molecule has 0 bridgehead atoms. The molecule has 0 fully saturated rings. The maximum atomic E-state index is 13.9. The van der Waals surface area contributed by atoms with E-state index in [0.717, 1.165) is 16.8 Å². The molecule has 0 N–H and O–H groups in total. The second-order valence-electron chi connectivity index (χ2n) is 7.51. The number of rotatable bonds is 2. The molecule has 28 heavy (non-hydrogen) atoms. The van der Waals surface area contributed by atoms with Gasteiger partial charge < -0.3 is 9.69 Å². The Morgan fingerprint density at radius 3 is 2.39 bits per heavy atom. The first-order valence-electron chi connectivity index (χ1n) is 9.06. The second kappa shape index (κ2) is 6.28. The molecule has 2 heterocycles. The molecule has 1 aliphatic heterocycles. The molecule has 1 atom stereocenters. The van der Waals surface area contributed by atoms with Crippen LogP contribution in [0.4, 0.5) is 5.69 Å². The van der Waals surface area contributed by atoms with Crippen LogP contribution in [0.25, 0.3) is 4.85 Å². The highest BCUT2D eigenvalue weighted by atomic mass is 16.2. The SMILES string of the molecule is [C-]#[N+]C1=C[C@]2(c3ccccc3)C(=O)N(c3ccncc3)CC=C2C(C)(C)C1=O. The number of fused-ring (bicyclic) bond motifs is 1. The topological polar surface area (TPSA) is 54.6 Å². The third-order valence-corrected chi connectivity index (χ3v) is 5.64. The van der Waals surface area contributed by atoms with Gasteiger partial charge in [0.25, 0.3) is 0 Å². The van der Waals surface area contributed by atoms with E-state index in [0.29, 0.717) is 6.54 Å². The van der Waals surface area contributed by atoms with Gasteiger partial charge in [0.1, 0.15) is 5.41 Å². The third kappa shape index (κ3) is 2.35. The Balaban J connectivity index is 2.03. The predicted molar refractivity (Wildman–Crippen MR) is 106 cm³/mol. The lowest BCUT2D eigenvalue weighted by Crippen LogP contribution is -2.56. The molecule has 5 heteroatoms. The minimum absolute atomic E-state index is 0.0101. The van der Waals surface area contributed by atoms with Crippen LogP contribution in [0.2, 0.25) is 0 Å². The van der Waals surface area contributed by atoms with Crippen molar-refractivity contribution in [2.45, 2.75) is 19.3 Å². The quantitative estimate of drug-likeness (QED) is 0.599. The fourth-order valence-corrected chi connectivity index (χ4v) is 4.25. The zero-order valence-corrected chi connectivity index (χ0v) is 15.7. The number of anilines is 1. The molecule has 2 aliphatic rings. The highest BCUT2D eigenvalue weighted by Crippen LogP contribution is 2.52. The summed E-state index contributed by atoms with van der Waals surface area (Å²) in [5.74, 6) is -0.408. The third-order valence-electron chi connectivity index (χ3n) is 5.64. The molecule has 0 spiro atoms. The number of Topliss-reactive ketones (excluding diaryl/α,β-unsaturated/α-hetero) is 1. The summed E-state index contributed by atoms with van der Waals surface area (Å²) in [5, 5.41) is 0. The molecule has 4 rings (SSSR count). The number of allylic oxidation sites excluding steroid dienone is 1. The van der Waals surface area contributed by atoms with Gasteiger partial charge in [-0.3, -0.25) is 9.78 Å². The fraction of sp³-hybridized carbons (Fsp3) is 0.217. The van der Waals surface area contributed by atoms with Crippen molar-refractivity contribution in [3.63, 3.8) is 0 Å². The first-order valence-corrected chi connectivity index (χ1v) is 9.06. The zero-order chi connectivity index (χ0) is 19.9. The van der Waals surface area contributed by atoms with Crippen molar-refractivity contribution in [3.8, 4) is 0 Å². The molecule has 0 saturated carbocycles. The molecule has 1 amide bonds. The first-order chi connectivity index (χ1) is 13.4. The minimum Gasteiger partial charge on any atom is -0.307 e. The Bertz CT molecular complexity index is 1060. The van der Waals surface area contributed by atoms with Crippen LogP contribution in [0, 0.1) is 12.0 Å². The lowest BCUT2D eigenvalue weighted by atomic mass is 9.57. The number of carbonyl (C=O) groups is 2. The van der Waals surface area contributed by atoms with Crippen LogP contribution in [0.5, 0.6) is 0 Å². The molecule has 2 aromatic rings. The lowest BCUT2D eigenvalue weighted by Gasteiger charge is -2.48. The van der Waals surface area contributed by atoms with Gasteiger partial charge in [0.2, 0.25) is 11.6 Å². The summed E-state index contributed by atoms with van der Waals surface area (Å²) in [6.45, 7) is 11.5. The number of amides is 1. The summed E-state index contributed by atoms with van der Waals surface area (Å²) in [6, 6.07) is 13.0. The highest BCUT2D eigenvalue weighted by Gasteiger charge is 2.56. The molecule has 1 aromatic carbocycles.